The Labute approximate surface area is 63.2 Å². The van der Waals surface area contributed by atoms with Crippen molar-refractivity contribution in [1.29, 1.82) is 5.41 Å². The van der Waals surface area contributed by atoms with Crippen LogP contribution in [0.3, 0.4) is 0 Å². The molecule has 1 rings (SSSR count). The third-order valence-electron chi connectivity index (χ3n) is 1.10. The van der Waals surface area contributed by atoms with Crippen LogP contribution in [0.5, 0.6) is 0 Å². The lowest BCUT2D eigenvalue weighted by Crippen LogP contribution is -2.01. The van der Waals surface area contributed by atoms with Crippen LogP contribution >= 0.6 is 11.3 Å². The predicted molar refractivity (Wildman–Crippen MR) is 39.5 cm³/mol. The normalized spacial score (nSPS) is 12.9. The first-order valence-corrected chi connectivity index (χ1v) is 3.61. The third kappa shape index (κ3) is 1.40. The van der Waals surface area contributed by atoms with Crippen molar-refractivity contribution in [3.63, 3.8) is 0 Å². The lowest BCUT2D eigenvalue weighted by atomic mass is 10.3. The van der Waals surface area contributed by atoms with E-state index in [9.17, 15) is 0 Å². The van der Waals surface area contributed by atoms with Gasteiger partial charge in [-0.2, -0.15) is 0 Å². The summed E-state index contributed by atoms with van der Waals surface area (Å²) in [6.07, 6.45) is 0.908. The first-order valence-electron chi connectivity index (χ1n) is 2.73. The van der Waals surface area contributed by atoms with Crippen LogP contribution in [0.2, 0.25) is 0 Å². The van der Waals surface area contributed by atoms with E-state index in [0.29, 0.717) is 0 Å². The lowest BCUT2D eigenvalue weighted by Gasteiger charge is -2.03. The van der Waals surface area contributed by atoms with Crippen molar-refractivity contribution in [3.8, 4) is 0 Å². The van der Waals surface area contributed by atoms with Gasteiger partial charge in [0.1, 0.15) is 6.10 Å². The van der Waals surface area contributed by atoms with E-state index in [-0.39, 0.29) is 6.10 Å². The molecule has 0 bridgehead atoms. The second-order valence-corrected chi connectivity index (χ2v) is 2.34. The summed E-state index contributed by atoms with van der Waals surface area (Å²) < 4.78 is 4.92. The number of ether oxygens (including phenoxy) is 1. The summed E-state index contributed by atoms with van der Waals surface area (Å²) >= 11 is 1.38. The van der Waals surface area contributed by atoms with Crippen LogP contribution in [0.1, 0.15) is 11.8 Å². The van der Waals surface area contributed by atoms with Crippen molar-refractivity contribution in [1.82, 2.24) is 4.98 Å². The van der Waals surface area contributed by atoms with E-state index in [1.54, 1.807) is 7.11 Å². The molecule has 1 radical (unpaired) electrons. The van der Waals surface area contributed by atoms with E-state index in [2.05, 4.69) is 10.5 Å². The zero-order valence-electron chi connectivity index (χ0n) is 5.50. The highest BCUT2D eigenvalue weighted by Gasteiger charge is 2.07. The summed E-state index contributed by atoms with van der Waals surface area (Å²) in [5, 5.41) is 8.76. The number of nitrogens with zero attached hydrogens (tertiary/aromatic N) is 1. The van der Waals surface area contributed by atoms with Gasteiger partial charge in [0.15, 0.2) is 5.51 Å². The van der Waals surface area contributed by atoms with Crippen LogP contribution in [0.4, 0.5) is 0 Å². The van der Waals surface area contributed by atoms with E-state index < -0.39 is 0 Å². The van der Waals surface area contributed by atoms with Crippen LogP contribution in [0.25, 0.3) is 0 Å². The Morgan fingerprint density at radius 2 is 2.80 bits per heavy atom. The van der Waals surface area contributed by atoms with Crippen molar-refractivity contribution in [2.24, 2.45) is 0 Å². The molecule has 0 spiro atoms. The number of nitrogens with one attached hydrogen (secondary N) is 1. The maximum atomic E-state index is 6.94. The minimum absolute atomic E-state index is 0.303. The molecule has 0 saturated carbocycles. The molecule has 0 fully saturated rings. The van der Waals surface area contributed by atoms with Crippen molar-refractivity contribution < 1.29 is 4.74 Å². The fourth-order valence-electron chi connectivity index (χ4n) is 0.597. The van der Waals surface area contributed by atoms with Gasteiger partial charge in [-0.1, -0.05) is 0 Å². The average molecular weight is 155 g/mol. The third-order valence-corrected chi connectivity index (χ3v) is 1.66. The molecule has 1 atom stereocenters. The molecule has 3 nitrogen and oxygen atoms in total. The Kier molecular flexibility index (Phi) is 2.53. The zero-order valence-corrected chi connectivity index (χ0v) is 6.31. The van der Waals surface area contributed by atoms with E-state index in [0.717, 1.165) is 5.69 Å². The topological polar surface area (TPSA) is 46.0 Å². The summed E-state index contributed by atoms with van der Waals surface area (Å²) in [6.45, 7) is 0. The fourth-order valence-corrected chi connectivity index (χ4v) is 1.12. The SMILES string of the molecule is COC(C=N)c1cs[c]n1. The first kappa shape index (κ1) is 7.37. The highest BCUT2D eigenvalue weighted by atomic mass is 32.1. The number of thiazole rings is 1. The highest BCUT2D eigenvalue weighted by molar-refractivity contribution is 7.07. The Hall–Kier alpha value is -0.740. The second-order valence-electron chi connectivity index (χ2n) is 1.69. The van der Waals surface area contributed by atoms with E-state index >= 15 is 0 Å². The minimum atomic E-state index is -0.303. The monoisotopic (exact) mass is 155 g/mol. The van der Waals surface area contributed by atoms with Crippen LogP contribution in [-0.2, 0) is 4.74 Å². The van der Waals surface area contributed by atoms with Crippen molar-refractivity contribution in [2.45, 2.75) is 6.10 Å². The molecule has 0 aliphatic rings. The minimum Gasteiger partial charge on any atom is -0.369 e. The molecule has 0 aromatic carbocycles. The zero-order chi connectivity index (χ0) is 7.40. The van der Waals surface area contributed by atoms with Crippen LogP contribution < -0.4 is 0 Å². The Morgan fingerprint density at radius 3 is 3.20 bits per heavy atom. The number of hydrogen-bond donors (Lipinski definition) is 1. The molecular formula is C6H7N2OS. The number of hydrogen-bond acceptors (Lipinski definition) is 4. The molecule has 0 aliphatic carbocycles. The quantitative estimate of drug-likeness (QED) is 0.668. The van der Waals surface area contributed by atoms with Gasteiger partial charge in [-0.15, -0.1) is 11.3 Å². The maximum Gasteiger partial charge on any atom is 0.152 e. The molecule has 4 heteroatoms. The molecule has 1 heterocycles. The molecule has 0 saturated heterocycles. The molecular weight excluding hydrogens is 148 g/mol. The smallest absolute Gasteiger partial charge is 0.152 e. The molecule has 0 aliphatic heterocycles. The van der Waals surface area contributed by atoms with Crippen molar-refractivity contribution in [2.75, 3.05) is 7.11 Å². The molecule has 0 amide bonds. The van der Waals surface area contributed by atoms with Gasteiger partial charge in [-0.05, 0) is 0 Å². The van der Waals surface area contributed by atoms with Crippen LogP contribution in [0.15, 0.2) is 5.38 Å². The van der Waals surface area contributed by atoms with Crippen molar-refractivity contribution in [3.05, 3.63) is 16.6 Å². The van der Waals surface area contributed by atoms with Gasteiger partial charge in [0.2, 0.25) is 0 Å². The summed E-state index contributed by atoms with van der Waals surface area (Å²) in [7, 11) is 1.55. The molecule has 10 heavy (non-hydrogen) atoms. The van der Waals surface area contributed by atoms with Gasteiger partial charge < -0.3 is 10.1 Å². The van der Waals surface area contributed by atoms with Crippen LogP contribution in [0, 0.1) is 10.9 Å². The summed E-state index contributed by atoms with van der Waals surface area (Å²) in [5.41, 5.74) is 3.44. The standard InChI is InChI=1S/C6H7N2OS/c1-9-6(2-7)5-3-10-4-8-5/h2-3,6-7H,1H3. The number of rotatable bonds is 3. The van der Waals surface area contributed by atoms with Gasteiger partial charge in [-0.3, -0.25) is 0 Å². The van der Waals surface area contributed by atoms with Gasteiger partial charge >= 0.3 is 0 Å². The van der Waals surface area contributed by atoms with Gasteiger partial charge in [0.05, 0.1) is 5.69 Å². The summed E-state index contributed by atoms with van der Waals surface area (Å²) in [6, 6.07) is 0. The Bertz CT molecular complexity index is 198. The number of methoxy groups -OCH3 is 1. The Balaban J connectivity index is 2.73. The van der Waals surface area contributed by atoms with E-state index in [1.807, 2.05) is 5.38 Å². The Morgan fingerprint density at radius 1 is 2.00 bits per heavy atom. The fraction of sp³-hybridized carbons (Fsp3) is 0.333. The molecule has 53 valence electrons. The number of aromatic nitrogens is 1. The summed E-state index contributed by atoms with van der Waals surface area (Å²) in [4.78, 5) is 3.88. The van der Waals surface area contributed by atoms with E-state index in [4.69, 9.17) is 10.1 Å². The average Bonchev–Trinajstić information content (AvgIpc) is 2.43. The second kappa shape index (κ2) is 3.43. The predicted octanol–water partition coefficient (Wildman–Crippen LogP) is 1.28. The van der Waals surface area contributed by atoms with Crippen molar-refractivity contribution >= 4 is 17.6 Å². The summed E-state index contributed by atoms with van der Waals surface area (Å²) in [5.74, 6) is 0. The molecule has 1 aromatic heterocycles. The molecule has 1 aromatic rings. The van der Waals surface area contributed by atoms with Gasteiger partial charge in [0, 0.05) is 18.7 Å². The van der Waals surface area contributed by atoms with Gasteiger partial charge in [-0.25, -0.2) is 4.98 Å². The largest absolute Gasteiger partial charge is 0.369 e. The van der Waals surface area contributed by atoms with Crippen LogP contribution in [-0.4, -0.2) is 18.3 Å². The first-order chi connectivity index (χ1) is 4.88. The maximum absolute atomic E-state index is 6.94. The molecule has 1 unspecified atom stereocenters. The van der Waals surface area contributed by atoms with Gasteiger partial charge in [0.25, 0.3) is 0 Å². The molecule has 1 N–H and O–H groups in total. The lowest BCUT2D eigenvalue weighted by molar-refractivity contribution is 0.158. The highest BCUT2D eigenvalue weighted by Crippen LogP contribution is 2.12. The van der Waals surface area contributed by atoms with E-state index in [1.165, 1.54) is 17.6 Å².